The number of ether oxygens (including phenoxy) is 2. The van der Waals surface area contributed by atoms with Crippen LogP contribution in [0.3, 0.4) is 0 Å². The lowest BCUT2D eigenvalue weighted by Gasteiger charge is -2.29. The largest absolute Gasteiger partial charge is 0.464 e. The van der Waals surface area contributed by atoms with Crippen molar-refractivity contribution in [2.75, 3.05) is 39.4 Å². The highest BCUT2D eigenvalue weighted by atomic mass is 16.5. The Kier molecular flexibility index (Phi) is 28.5. The average molecular weight is 623 g/mol. The van der Waals surface area contributed by atoms with E-state index in [1.54, 1.807) is 4.90 Å². The van der Waals surface area contributed by atoms with E-state index in [1.807, 2.05) is 0 Å². The van der Waals surface area contributed by atoms with Crippen LogP contribution in [0.15, 0.2) is 12.2 Å². The Balaban J connectivity index is 5.02. The van der Waals surface area contributed by atoms with Crippen LogP contribution in [0.25, 0.3) is 0 Å². The summed E-state index contributed by atoms with van der Waals surface area (Å²) in [6.45, 7) is 15.5. The van der Waals surface area contributed by atoms with Gasteiger partial charge in [-0.2, -0.15) is 0 Å². The van der Waals surface area contributed by atoms with Crippen molar-refractivity contribution in [3.05, 3.63) is 12.2 Å². The van der Waals surface area contributed by atoms with Crippen molar-refractivity contribution < 1.29 is 23.9 Å². The second-order valence-electron chi connectivity index (χ2n) is 12.3. The molecule has 0 heterocycles. The van der Waals surface area contributed by atoms with Crippen LogP contribution >= 0.6 is 0 Å². The van der Waals surface area contributed by atoms with E-state index < -0.39 is 0 Å². The zero-order chi connectivity index (χ0) is 32.8. The minimum atomic E-state index is -0.222. The van der Waals surface area contributed by atoms with Crippen molar-refractivity contribution in [1.29, 1.82) is 0 Å². The predicted octanol–water partition coefficient (Wildman–Crippen LogP) is 8.89. The zero-order valence-electron chi connectivity index (χ0n) is 29.7. The molecule has 0 aliphatic rings. The Bertz CT molecular complexity index is 737. The summed E-state index contributed by atoms with van der Waals surface area (Å²) in [5.41, 5.74) is 0. The lowest BCUT2D eigenvalue weighted by Crippen LogP contribution is -2.42. The summed E-state index contributed by atoms with van der Waals surface area (Å²) in [5.74, 6) is -0.412. The van der Waals surface area contributed by atoms with Crippen molar-refractivity contribution >= 4 is 17.8 Å². The van der Waals surface area contributed by atoms with Crippen LogP contribution in [0, 0.1) is 5.92 Å². The molecule has 0 spiro atoms. The summed E-state index contributed by atoms with van der Waals surface area (Å²) in [7, 11) is 0. The van der Waals surface area contributed by atoms with Gasteiger partial charge in [-0.05, 0) is 58.5 Å². The summed E-state index contributed by atoms with van der Waals surface area (Å²) >= 11 is 0. The quantitative estimate of drug-likeness (QED) is 0.0452. The van der Waals surface area contributed by atoms with Gasteiger partial charge in [0.15, 0.2) is 0 Å². The van der Waals surface area contributed by atoms with E-state index in [-0.39, 0.29) is 43.0 Å². The molecule has 0 aliphatic heterocycles. The summed E-state index contributed by atoms with van der Waals surface area (Å²) in [4.78, 5) is 42.7. The molecule has 258 valence electrons. The number of carbonyl (C=O) groups excluding carboxylic acids is 3. The van der Waals surface area contributed by atoms with Crippen LogP contribution in [0.1, 0.15) is 157 Å². The summed E-state index contributed by atoms with van der Waals surface area (Å²) in [6, 6.07) is 0.108. The number of nitrogens with zero attached hydrogens (tertiary/aromatic N) is 2. The molecule has 2 unspecified atom stereocenters. The van der Waals surface area contributed by atoms with Gasteiger partial charge in [-0.15, -0.1) is 0 Å². The van der Waals surface area contributed by atoms with Gasteiger partial charge in [0.1, 0.15) is 13.2 Å². The van der Waals surface area contributed by atoms with E-state index in [2.05, 4.69) is 58.6 Å². The van der Waals surface area contributed by atoms with E-state index in [4.69, 9.17) is 9.47 Å². The summed E-state index contributed by atoms with van der Waals surface area (Å²) < 4.78 is 11.3. The van der Waals surface area contributed by atoms with Gasteiger partial charge in [-0.3, -0.25) is 14.4 Å². The predicted molar refractivity (Wildman–Crippen MR) is 184 cm³/mol. The number of hydrogen-bond donors (Lipinski definition) is 0. The molecule has 0 N–H and O–H groups in total. The third-order valence-corrected chi connectivity index (χ3v) is 8.54. The Morgan fingerprint density at radius 3 is 1.84 bits per heavy atom. The van der Waals surface area contributed by atoms with Crippen LogP contribution in [0.2, 0.25) is 0 Å². The standard InChI is InChI=1S/C37H70N2O5/c1-7-12-15-18-20-23-26-34(25-22-17-14-9-3)37(42)44-31-29-39(35(40)32-33(6)38(10-4)11-5)28-30-43-36(41)27-24-21-19-16-13-8-2/h13,16,33-34H,7-12,14-15,17-32H2,1-6H3/b16-13-. The molecule has 0 saturated heterocycles. The summed E-state index contributed by atoms with van der Waals surface area (Å²) in [5, 5.41) is 0. The Morgan fingerprint density at radius 2 is 1.25 bits per heavy atom. The third kappa shape index (κ3) is 22.6. The SMILES string of the molecule is CC/C=C\CCCCC(=O)OCCN(CCOC(=O)C(CCCCCC)CCCCCCCC)C(=O)CC(C)N(CC)CC. The Morgan fingerprint density at radius 1 is 0.682 bits per heavy atom. The zero-order valence-corrected chi connectivity index (χ0v) is 29.7. The highest BCUT2D eigenvalue weighted by molar-refractivity contribution is 5.77. The van der Waals surface area contributed by atoms with Gasteiger partial charge >= 0.3 is 11.9 Å². The molecule has 0 aromatic carbocycles. The fourth-order valence-corrected chi connectivity index (χ4v) is 5.62. The van der Waals surface area contributed by atoms with Gasteiger partial charge in [-0.25, -0.2) is 0 Å². The topological polar surface area (TPSA) is 76.1 Å². The molecule has 0 fully saturated rings. The first-order chi connectivity index (χ1) is 21.3. The second-order valence-corrected chi connectivity index (χ2v) is 12.3. The molecule has 0 aromatic rings. The molecule has 0 bridgehead atoms. The van der Waals surface area contributed by atoms with Gasteiger partial charge in [0.25, 0.3) is 0 Å². The first-order valence-corrected chi connectivity index (χ1v) is 18.3. The fraction of sp³-hybridized carbons (Fsp3) is 0.865. The number of amides is 1. The molecule has 44 heavy (non-hydrogen) atoms. The minimum Gasteiger partial charge on any atom is -0.464 e. The third-order valence-electron chi connectivity index (χ3n) is 8.54. The van der Waals surface area contributed by atoms with E-state index in [1.165, 1.54) is 44.9 Å². The maximum atomic E-state index is 13.3. The van der Waals surface area contributed by atoms with Crippen LogP contribution in [0.5, 0.6) is 0 Å². The second kappa shape index (κ2) is 29.8. The molecule has 2 atom stereocenters. The van der Waals surface area contributed by atoms with E-state index >= 15 is 0 Å². The Hall–Kier alpha value is -1.89. The molecule has 1 amide bonds. The number of esters is 2. The first-order valence-electron chi connectivity index (χ1n) is 18.3. The minimum absolute atomic E-state index is 0.00223. The molecule has 7 heteroatoms. The number of hydrogen-bond acceptors (Lipinski definition) is 6. The normalized spacial score (nSPS) is 12.9. The van der Waals surface area contributed by atoms with Crippen molar-refractivity contribution in [3.8, 4) is 0 Å². The van der Waals surface area contributed by atoms with E-state index in [0.717, 1.165) is 70.9 Å². The van der Waals surface area contributed by atoms with Gasteiger partial charge < -0.3 is 19.3 Å². The molecular formula is C37H70N2O5. The molecule has 0 radical (unpaired) electrons. The van der Waals surface area contributed by atoms with Crippen LogP contribution < -0.4 is 0 Å². The van der Waals surface area contributed by atoms with E-state index in [9.17, 15) is 14.4 Å². The maximum Gasteiger partial charge on any atom is 0.308 e. The van der Waals surface area contributed by atoms with Gasteiger partial charge in [-0.1, -0.05) is 111 Å². The van der Waals surface area contributed by atoms with Gasteiger partial charge in [0.2, 0.25) is 5.91 Å². The van der Waals surface area contributed by atoms with Crippen LogP contribution in [-0.2, 0) is 23.9 Å². The molecule has 0 saturated carbocycles. The molecular weight excluding hydrogens is 552 g/mol. The van der Waals surface area contributed by atoms with Crippen LogP contribution in [0.4, 0.5) is 0 Å². The van der Waals surface area contributed by atoms with E-state index in [0.29, 0.717) is 25.9 Å². The molecule has 0 aromatic heterocycles. The lowest BCUT2D eigenvalue weighted by molar-refractivity contribution is -0.151. The highest BCUT2D eigenvalue weighted by Crippen LogP contribution is 2.20. The fourth-order valence-electron chi connectivity index (χ4n) is 5.62. The van der Waals surface area contributed by atoms with Crippen molar-refractivity contribution in [3.63, 3.8) is 0 Å². The number of rotatable bonds is 30. The first kappa shape index (κ1) is 42.1. The van der Waals surface area contributed by atoms with Gasteiger partial charge in [0.05, 0.1) is 19.0 Å². The van der Waals surface area contributed by atoms with Crippen molar-refractivity contribution in [1.82, 2.24) is 9.80 Å². The van der Waals surface area contributed by atoms with Gasteiger partial charge in [0, 0.05) is 18.9 Å². The lowest BCUT2D eigenvalue weighted by atomic mass is 9.94. The Labute approximate surface area is 271 Å². The number of allylic oxidation sites excluding steroid dienone is 2. The maximum absolute atomic E-state index is 13.3. The van der Waals surface area contributed by atoms with Crippen LogP contribution in [-0.4, -0.2) is 73.1 Å². The average Bonchev–Trinajstić information content (AvgIpc) is 3.01. The number of unbranched alkanes of at least 4 members (excludes halogenated alkanes) is 10. The van der Waals surface area contributed by atoms with Crippen molar-refractivity contribution in [2.24, 2.45) is 5.92 Å². The highest BCUT2D eigenvalue weighted by Gasteiger charge is 2.23. The summed E-state index contributed by atoms with van der Waals surface area (Å²) in [6.07, 6.45) is 22.4. The monoisotopic (exact) mass is 623 g/mol. The van der Waals surface area contributed by atoms with Crippen molar-refractivity contribution in [2.45, 2.75) is 163 Å². The smallest absolute Gasteiger partial charge is 0.308 e. The molecule has 0 rings (SSSR count). The molecule has 0 aliphatic carbocycles. The number of carbonyl (C=O) groups is 3. The molecule has 7 nitrogen and oxygen atoms in total.